The van der Waals surface area contributed by atoms with Gasteiger partial charge in [-0.05, 0) is 56.8 Å². The molecule has 3 rings (SSSR count). The van der Waals surface area contributed by atoms with Gasteiger partial charge in [0.2, 0.25) is 0 Å². The van der Waals surface area contributed by atoms with E-state index in [1.165, 1.54) is 25.0 Å². The van der Waals surface area contributed by atoms with Crippen molar-refractivity contribution in [1.82, 2.24) is 15.1 Å². The summed E-state index contributed by atoms with van der Waals surface area (Å²) in [5.41, 5.74) is -0.0972. The molecule has 30 heavy (non-hydrogen) atoms. The Morgan fingerprint density at radius 2 is 2.07 bits per heavy atom. The molecule has 2 aliphatic heterocycles. The van der Waals surface area contributed by atoms with Gasteiger partial charge in [-0.25, -0.2) is 0 Å². The molecule has 1 aromatic rings. The van der Waals surface area contributed by atoms with Gasteiger partial charge in [0.05, 0.1) is 18.7 Å². The van der Waals surface area contributed by atoms with E-state index in [1.807, 2.05) is 0 Å². The summed E-state index contributed by atoms with van der Waals surface area (Å²) in [7, 11) is 1.75. The molecule has 2 heterocycles. The first-order chi connectivity index (χ1) is 14.3. The minimum atomic E-state index is -4.36. The summed E-state index contributed by atoms with van der Waals surface area (Å²) in [5.74, 6) is 1.36. The van der Waals surface area contributed by atoms with Crippen LogP contribution in [-0.2, 0) is 10.9 Å². The first kappa shape index (κ1) is 22.9. The molecule has 2 fully saturated rings. The quantitative estimate of drug-likeness (QED) is 0.588. The van der Waals surface area contributed by atoms with Gasteiger partial charge in [0, 0.05) is 32.7 Å². The number of morpholine rings is 1. The zero-order valence-corrected chi connectivity index (χ0v) is 18.1. The Bertz CT molecular complexity index is 723. The van der Waals surface area contributed by atoms with Crippen LogP contribution in [0, 0.1) is 5.92 Å². The number of aliphatic imine (C=N–C) groups is 1. The minimum Gasteiger partial charge on any atom is -0.370 e. The SMILES string of the molecule is CN=C(NCC1CCCN(C(C)C)C1)N1CCOC(c2cccc(C(F)(F)F)c2)C1. The summed E-state index contributed by atoms with van der Waals surface area (Å²) in [6.45, 7) is 9.14. The molecule has 2 saturated heterocycles. The third kappa shape index (κ3) is 5.88. The first-order valence-corrected chi connectivity index (χ1v) is 10.8. The van der Waals surface area contributed by atoms with Crippen molar-refractivity contribution in [2.45, 2.75) is 45.0 Å². The number of hydrogen-bond acceptors (Lipinski definition) is 3. The number of benzene rings is 1. The predicted octanol–water partition coefficient (Wildman–Crippen LogP) is 3.77. The van der Waals surface area contributed by atoms with Crippen LogP contribution in [-0.4, -0.2) is 68.2 Å². The standard InChI is InChI=1S/C22H33F3N4O/c1-16(2)28-9-5-6-17(14-28)13-27-21(26-3)29-10-11-30-20(15-29)18-7-4-8-19(12-18)22(23,24)25/h4,7-8,12,16-17,20H,5-6,9-11,13-15H2,1-3H3,(H,26,27). The highest BCUT2D eigenvalue weighted by Crippen LogP contribution is 2.32. The Morgan fingerprint density at radius 1 is 1.27 bits per heavy atom. The van der Waals surface area contributed by atoms with Gasteiger partial charge in [-0.2, -0.15) is 13.2 Å². The molecule has 2 aliphatic rings. The lowest BCUT2D eigenvalue weighted by atomic mass is 9.97. The predicted molar refractivity (Wildman–Crippen MR) is 113 cm³/mol. The van der Waals surface area contributed by atoms with Crippen molar-refractivity contribution in [1.29, 1.82) is 0 Å². The molecule has 168 valence electrons. The van der Waals surface area contributed by atoms with Crippen molar-refractivity contribution in [3.8, 4) is 0 Å². The van der Waals surface area contributed by atoms with Crippen LogP contribution in [0.5, 0.6) is 0 Å². The molecule has 1 N–H and O–H groups in total. The molecular formula is C22H33F3N4O. The highest BCUT2D eigenvalue weighted by Gasteiger charge is 2.32. The maximum atomic E-state index is 13.1. The summed E-state index contributed by atoms with van der Waals surface area (Å²) in [6.07, 6.45) is -2.36. The molecule has 2 unspecified atom stereocenters. The number of hydrogen-bond donors (Lipinski definition) is 1. The van der Waals surface area contributed by atoms with Crippen molar-refractivity contribution in [2.24, 2.45) is 10.9 Å². The van der Waals surface area contributed by atoms with Crippen LogP contribution in [0.2, 0.25) is 0 Å². The lowest BCUT2D eigenvalue weighted by molar-refractivity contribution is -0.137. The van der Waals surface area contributed by atoms with Crippen LogP contribution in [0.1, 0.15) is 43.9 Å². The third-order valence-corrected chi connectivity index (χ3v) is 5.99. The van der Waals surface area contributed by atoms with Gasteiger partial charge in [-0.15, -0.1) is 0 Å². The largest absolute Gasteiger partial charge is 0.416 e. The maximum absolute atomic E-state index is 13.1. The second-order valence-electron chi connectivity index (χ2n) is 8.45. The fourth-order valence-corrected chi connectivity index (χ4v) is 4.26. The van der Waals surface area contributed by atoms with Gasteiger partial charge >= 0.3 is 6.18 Å². The molecule has 0 aromatic heterocycles. The normalized spacial score (nSPS) is 24.4. The zero-order chi connectivity index (χ0) is 21.7. The van der Waals surface area contributed by atoms with Gasteiger partial charge in [-0.3, -0.25) is 4.99 Å². The summed E-state index contributed by atoms with van der Waals surface area (Å²) < 4.78 is 45.0. The smallest absolute Gasteiger partial charge is 0.370 e. The van der Waals surface area contributed by atoms with E-state index in [0.29, 0.717) is 37.2 Å². The van der Waals surface area contributed by atoms with Crippen LogP contribution in [0.15, 0.2) is 29.3 Å². The lowest BCUT2D eigenvalue weighted by Crippen LogP contribution is -2.50. The molecule has 0 bridgehead atoms. The van der Waals surface area contributed by atoms with Crippen molar-refractivity contribution in [3.05, 3.63) is 35.4 Å². The molecule has 1 aromatic carbocycles. The van der Waals surface area contributed by atoms with Gasteiger partial charge < -0.3 is 19.9 Å². The number of halogens is 3. The highest BCUT2D eigenvalue weighted by atomic mass is 19.4. The van der Waals surface area contributed by atoms with E-state index in [4.69, 9.17) is 4.74 Å². The maximum Gasteiger partial charge on any atom is 0.416 e. The van der Waals surface area contributed by atoms with E-state index in [1.54, 1.807) is 13.1 Å². The Kier molecular flexibility index (Phi) is 7.63. The molecule has 8 heteroatoms. The van der Waals surface area contributed by atoms with E-state index in [2.05, 4.69) is 34.0 Å². The van der Waals surface area contributed by atoms with Crippen molar-refractivity contribution >= 4 is 5.96 Å². The molecule has 0 aliphatic carbocycles. The Balaban J connectivity index is 1.60. The number of nitrogens with one attached hydrogen (secondary N) is 1. The lowest BCUT2D eigenvalue weighted by Gasteiger charge is -2.38. The zero-order valence-electron chi connectivity index (χ0n) is 18.1. The van der Waals surface area contributed by atoms with E-state index in [9.17, 15) is 13.2 Å². The monoisotopic (exact) mass is 426 g/mol. The van der Waals surface area contributed by atoms with Crippen LogP contribution < -0.4 is 5.32 Å². The van der Waals surface area contributed by atoms with Crippen LogP contribution >= 0.6 is 0 Å². The van der Waals surface area contributed by atoms with Crippen molar-refractivity contribution in [3.63, 3.8) is 0 Å². The van der Waals surface area contributed by atoms with Crippen LogP contribution in [0.3, 0.4) is 0 Å². The fourth-order valence-electron chi connectivity index (χ4n) is 4.26. The molecule has 5 nitrogen and oxygen atoms in total. The van der Waals surface area contributed by atoms with Crippen molar-refractivity contribution in [2.75, 3.05) is 46.4 Å². The number of likely N-dealkylation sites (tertiary alicyclic amines) is 1. The molecule has 2 atom stereocenters. The van der Waals surface area contributed by atoms with Crippen LogP contribution in [0.4, 0.5) is 13.2 Å². The van der Waals surface area contributed by atoms with E-state index in [0.717, 1.165) is 31.7 Å². The van der Waals surface area contributed by atoms with Gasteiger partial charge in [0.25, 0.3) is 0 Å². The molecule has 0 spiro atoms. The second-order valence-corrected chi connectivity index (χ2v) is 8.45. The number of nitrogens with zero attached hydrogens (tertiary/aromatic N) is 3. The summed E-state index contributed by atoms with van der Waals surface area (Å²) in [6, 6.07) is 5.97. The number of alkyl halides is 3. The summed E-state index contributed by atoms with van der Waals surface area (Å²) in [5, 5.41) is 3.49. The third-order valence-electron chi connectivity index (χ3n) is 5.99. The fraction of sp³-hybridized carbons (Fsp3) is 0.682. The number of piperidine rings is 1. The van der Waals surface area contributed by atoms with Gasteiger partial charge in [0.15, 0.2) is 5.96 Å². The molecular weight excluding hydrogens is 393 g/mol. The van der Waals surface area contributed by atoms with Crippen molar-refractivity contribution < 1.29 is 17.9 Å². The van der Waals surface area contributed by atoms with Gasteiger partial charge in [-0.1, -0.05) is 12.1 Å². The first-order valence-electron chi connectivity index (χ1n) is 10.8. The Labute approximate surface area is 177 Å². The molecule has 0 amide bonds. The number of rotatable bonds is 4. The summed E-state index contributed by atoms with van der Waals surface area (Å²) >= 11 is 0. The van der Waals surface area contributed by atoms with Crippen LogP contribution in [0.25, 0.3) is 0 Å². The molecule has 0 radical (unpaired) electrons. The second kappa shape index (κ2) is 10.0. The molecule has 0 saturated carbocycles. The summed E-state index contributed by atoms with van der Waals surface area (Å²) in [4.78, 5) is 9.01. The van der Waals surface area contributed by atoms with Gasteiger partial charge in [0.1, 0.15) is 6.10 Å². The average molecular weight is 427 g/mol. The van der Waals surface area contributed by atoms with E-state index in [-0.39, 0.29) is 0 Å². The number of ether oxygens (including phenoxy) is 1. The number of guanidine groups is 1. The highest BCUT2D eigenvalue weighted by molar-refractivity contribution is 5.80. The topological polar surface area (TPSA) is 40.1 Å². The minimum absolute atomic E-state index is 0.411. The van der Waals surface area contributed by atoms with E-state index >= 15 is 0 Å². The average Bonchev–Trinajstić information content (AvgIpc) is 2.74. The van der Waals surface area contributed by atoms with E-state index < -0.39 is 17.8 Å². The Morgan fingerprint density at radius 3 is 2.77 bits per heavy atom. The Hall–Kier alpha value is -1.80.